The van der Waals surface area contributed by atoms with Crippen LogP contribution in [0.15, 0.2) is 24.3 Å². The summed E-state index contributed by atoms with van der Waals surface area (Å²) in [6, 6.07) is 7.95. The lowest BCUT2D eigenvalue weighted by Crippen LogP contribution is -2.50. The highest BCUT2D eigenvalue weighted by Crippen LogP contribution is 2.37. The van der Waals surface area contributed by atoms with Crippen LogP contribution in [0.3, 0.4) is 0 Å². The molecule has 1 aliphatic heterocycles. The molecule has 4 nitrogen and oxygen atoms in total. The molecule has 1 aliphatic carbocycles. The van der Waals surface area contributed by atoms with Crippen molar-refractivity contribution in [2.45, 2.75) is 19.8 Å². The second-order valence-corrected chi connectivity index (χ2v) is 6.00. The van der Waals surface area contributed by atoms with E-state index in [2.05, 4.69) is 17.9 Å². The molecule has 1 heterocycles. The Kier molecular flexibility index (Phi) is 3.55. The molecule has 1 saturated heterocycles. The molecule has 1 atom stereocenters. The van der Waals surface area contributed by atoms with Crippen molar-refractivity contribution in [2.24, 2.45) is 11.8 Å². The van der Waals surface area contributed by atoms with Gasteiger partial charge in [-0.05, 0) is 30.9 Å². The number of amides is 1. The van der Waals surface area contributed by atoms with Gasteiger partial charge < -0.3 is 15.5 Å². The molecule has 0 bridgehead atoms. The van der Waals surface area contributed by atoms with E-state index in [4.69, 9.17) is 5.73 Å². The highest BCUT2D eigenvalue weighted by Gasteiger charge is 2.35. The molecular weight excluding hydrogens is 250 g/mol. The van der Waals surface area contributed by atoms with E-state index in [9.17, 15) is 4.79 Å². The van der Waals surface area contributed by atoms with Gasteiger partial charge in [-0.3, -0.25) is 4.79 Å². The van der Waals surface area contributed by atoms with Crippen molar-refractivity contribution in [3.05, 3.63) is 24.3 Å². The Balaban J connectivity index is 1.59. The molecule has 4 heteroatoms. The third-order valence-corrected chi connectivity index (χ3v) is 4.59. The Bertz CT molecular complexity index is 490. The summed E-state index contributed by atoms with van der Waals surface area (Å²) in [5.41, 5.74) is 7.93. The number of nitrogen functional groups attached to an aromatic ring is 1. The van der Waals surface area contributed by atoms with Crippen molar-refractivity contribution in [1.29, 1.82) is 0 Å². The Morgan fingerprint density at radius 1 is 1.20 bits per heavy atom. The minimum atomic E-state index is 0.211. The van der Waals surface area contributed by atoms with Gasteiger partial charge in [0.1, 0.15) is 0 Å². The van der Waals surface area contributed by atoms with Gasteiger partial charge in [-0.25, -0.2) is 0 Å². The van der Waals surface area contributed by atoms with Crippen LogP contribution in [0.2, 0.25) is 0 Å². The Morgan fingerprint density at radius 3 is 2.45 bits per heavy atom. The van der Waals surface area contributed by atoms with Crippen LogP contribution in [0.5, 0.6) is 0 Å². The lowest BCUT2D eigenvalue weighted by atomic mass is 10.0. The van der Waals surface area contributed by atoms with Gasteiger partial charge in [0.2, 0.25) is 5.91 Å². The standard InChI is InChI=1S/C16H23N3O/c1-12(13-6-7-13)16(20)19-10-8-18(9-11-19)15-5-3-2-4-14(15)17/h2-5,12-13H,6-11,17H2,1H3. The van der Waals surface area contributed by atoms with Crippen LogP contribution in [0.4, 0.5) is 11.4 Å². The van der Waals surface area contributed by atoms with Gasteiger partial charge in [0.15, 0.2) is 0 Å². The molecule has 1 aromatic carbocycles. The van der Waals surface area contributed by atoms with Crippen LogP contribution < -0.4 is 10.6 Å². The first-order valence-electron chi connectivity index (χ1n) is 7.55. The van der Waals surface area contributed by atoms with E-state index in [1.54, 1.807) is 0 Å². The number of hydrogen-bond acceptors (Lipinski definition) is 3. The van der Waals surface area contributed by atoms with Gasteiger partial charge in [0, 0.05) is 32.1 Å². The van der Waals surface area contributed by atoms with E-state index in [1.807, 2.05) is 23.1 Å². The number of anilines is 2. The van der Waals surface area contributed by atoms with Crippen LogP contribution >= 0.6 is 0 Å². The van der Waals surface area contributed by atoms with Crippen LogP contribution in [-0.2, 0) is 4.79 Å². The summed E-state index contributed by atoms with van der Waals surface area (Å²) in [6.45, 7) is 5.45. The normalized spacial score (nSPS) is 20.9. The topological polar surface area (TPSA) is 49.6 Å². The van der Waals surface area contributed by atoms with Crippen molar-refractivity contribution < 1.29 is 4.79 Å². The maximum Gasteiger partial charge on any atom is 0.225 e. The zero-order chi connectivity index (χ0) is 14.1. The SMILES string of the molecule is CC(C(=O)N1CCN(c2ccccc2N)CC1)C1CC1. The van der Waals surface area contributed by atoms with Gasteiger partial charge in [-0.2, -0.15) is 0 Å². The van der Waals surface area contributed by atoms with E-state index in [-0.39, 0.29) is 5.92 Å². The summed E-state index contributed by atoms with van der Waals surface area (Å²) in [6.07, 6.45) is 2.46. The van der Waals surface area contributed by atoms with E-state index in [0.717, 1.165) is 37.6 Å². The smallest absolute Gasteiger partial charge is 0.225 e. The van der Waals surface area contributed by atoms with Crippen molar-refractivity contribution in [3.8, 4) is 0 Å². The molecule has 2 aliphatic rings. The fraction of sp³-hybridized carbons (Fsp3) is 0.562. The number of piperazine rings is 1. The number of para-hydroxylation sites is 2. The third kappa shape index (κ3) is 2.60. The molecular formula is C16H23N3O. The molecule has 2 fully saturated rings. The average Bonchev–Trinajstić information content (AvgIpc) is 3.31. The first kappa shape index (κ1) is 13.3. The lowest BCUT2D eigenvalue weighted by Gasteiger charge is -2.37. The highest BCUT2D eigenvalue weighted by molar-refractivity contribution is 5.79. The van der Waals surface area contributed by atoms with Gasteiger partial charge >= 0.3 is 0 Å². The Morgan fingerprint density at radius 2 is 1.85 bits per heavy atom. The largest absolute Gasteiger partial charge is 0.397 e. The maximum atomic E-state index is 12.4. The minimum absolute atomic E-state index is 0.211. The number of nitrogens with zero attached hydrogens (tertiary/aromatic N) is 2. The fourth-order valence-electron chi connectivity index (χ4n) is 3.03. The molecule has 1 saturated carbocycles. The monoisotopic (exact) mass is 273 g/mol. The molecule has 2 N–H and O–H groups in total. The quantitative estimate of drug-likeness (QED) is 0.857. The second kappa shape index (κ2) is 5.35. The van der Waals surface area contributed by atoms with Gasteiger partial charge in [-0.1, -0.05) is 19.1 Å². The number of hydrogen-bond donors (Lipinski definition) is 1. The molecule has 1 amide bonds. The van der Waals surface area contributed by atoms with Crippen LogP contribution in [-0.4, -0.2) is 37.0 Å². The van der Waals surface area contributed by atoms with Crippen LogP contribution in [0.1, 0.15) is 19.8 Å². The predicted octanol–water partition coefficient (Wildman–Crippen LogP) is 1.96. The summed E-state index contributed by atoms with van der Waals surface area (Å²) in [7, 11) is 0. The van der Waals surface area contributed by atoms with Gasteiger partial charge in [0.05, 0.1) is 11.4 Å². The highest BCUT2D eigenvalue weighted by atomic mass is 16.2. The zero-order valence-electron chi connectivity index (χ0n) is 12.1. The number of nitrogens with two attached hydrogens (primary N) is 1. The third-order valence-electron chi connectivity index (χ3n) is 4.59. The van der Waals surface area contributed by atoms with Crippen molar-refractivity contribution in [2.75, 3.05) is 36.8 Å². The lowest BCUT2D eigenvalue weighted by molar-refractivity contribution is -0.135. The minimum Gasteiger partial charge on any atom is -0.397 e. The summed E-state index contributed by atoms with van der Waals surface area (Å²) in [4.78, 5) is 16.7. The predicted molar refractivity (Wildman–Crippen MR) is 81.5 cm³/mol. The Hall–Kier alpha value is -1.71. The Labute approximate surface area is 120 Å². The van der Waals surface area contributed by atoms with E-state index in [0.29, 0.717) is 11.8 Å². The molecule has 0 radical (unpaired) electrons. The van der Waals surface area contributed by atoms with Gasteiger partial charge in [0.25, 0.3) is 0 Å². The first-order valence-corrected chi connectivity index (χ1v) is 7.55. The number of carbonyl (C=O) groups excluding carboxylic acids is 1. The number of carbonyl (C=O) groups is 1. The maximum absolute atomic E-state index is 12.4. The van der Waals surface area contributed by atoms with Crippen molar-refractivity contribution in [3.63, 3.8) is 0 Å². The summed E-state index contributed by atoms with van der Waals surface area (Å²) in [5.74, 6) is 1.20. The first-order chi connectivity index (χ1) is 9.66. The van der Waals surface area contributed by atoms with Crippen molar-refractivity contribution >= 4 is 17.3 Å². The van der Waals surface area contributed by atoms with Gasteiger partial charge in [-0.15, -0.1) is 0 Å². The average molecular weight is 273 g/mol. The number of benzene rings is 1. The van der Waals surface area contributed by atoms with Crippen LogP contribution in [0.25, 0.3) is 0 Å². The molecule has 3 rings (SSSR count). The van der Waals surface area contributed by atoms with Crippen LogP contribution in [0, 0.1) is 11.8 Å². The molecule has 1 aromatic rings. The molecule has 20 heavy (non-hydrogen) atoms. The summed E-state index contributed by atoms with van der Waals surface area (Å²) < 4.78 is 0. The molecule has 0 aromatic heterocycles. The second-order valence-electron chi connectivity index (χ2n) is 6.00. The van der Waals surface area contributed by atoms with E-state index in [1.165, 1.54) is 12.8 Å². The molecule has 108 valence electrons. The fourth-order valence-corrected chi connectivity index (χ4v) is 3.03. The van der Waals surface area contributed by atoms with Crippen molar-refractivity contribution in [1.82, 2.24) is 4.90 Å². The zero-order valence-corrected chi connectivity index (χ0v) is 12.1. The molecule has 0 spiro atoms. The summed E-state index contributed by atoms with van der Waals surface area (Å²) >= 11 is 0. The molecule has 1 unspecified atom stereocenters. The van der Waals surface area contributed by atoms with E-state index < -0.39 is 0 Å². The van der Waals surface area contributed by atoms with E-state index >= 15 is 0 Å². The summed E-state index contributed by atoms with van der Waals surface area (Å²) in [5, 5.41) is 0. The number of rotatable bonds is 3.